The summed E-state index contributed by atoms with van der Waals surface area (Å²) in [5, 5.41) is 6.05. The molecule has 2 N–H and O–H groups in total. The maximum Gasteiger partial charge on any atom is 0.251 e. The summed E-state index contributed by atoms with van der Waals surface area (Å²) in [5.41, 5.74) is 1.53. The van der Waals surface area contributed by atoms with Crippen molar-refractivity contribution >= 4 is 11.7 Å². The molecule has 2 rings (SSSR count). The van der Waals surface area contributed by atoms with E-state index >= 15 is 0 Å². The van der Waals surface area contributed by atoms with E-state index in [9.17, 15) is 4.79 Å². The van der Waals surface area contributed by atoms with Gasteiger partial charge in [0.2, 0.25) is 0 Å². The number of piperidine rings is 1. The highest BCUT2D eigenvalue weighted by atomic mass is 16.1. The molecule has 1 aliphatic heterocycles. The van der Waals surface area contributed by atoms with Crippen molar-refractivity contribution in [3.63, 3.8) is 0 Å². The highest BCUT2D eigenvalue weighted by Crippen LogP contribution is 2.16. The van der Waals surface area contributed by atoms with E-state index in [-0.39, 0.29) is 5.91 Å². The average Bonchev–Trinajstić information content (AvgIpc) is 2.52. The van der Waals surface area contributed by atoms with E-state index in [1.54, 1.807) is 6.07 Å². The number of likely N-dealkylation sites (tertiary alicyclic amines) is 1. The molecule has 1 aromatic heterocycles. The number of anilines is 1. The maximum absolute atomic E-state index is 12.3. The van der Waals surface area contributed by atoms with Crippen LogP contribution in [0.4, 0.5) is 5.82 Å². The number of rotatable bonds is 5. The summed E-state index contributed by atoms with van der Waals surface area (Å²) >= 11 is 0. The Bertz CT molecular complexity index is 481. The monoisotopic (exact) mass is 290 g/mol. The van der Waals surface area contributed by atoms with Crippen molar-refractivity contribution in [2.24, 2.45) is 5.92 Å². The van der Waals surface area contributed by atoms with E-state index in [1.807, 2.05) is 20.0 Å². The minimum atomic E-state index is -0.00470. The number of hydrogen-bond donors (Lipinski definition) is 2. The van der Waals surface area contributed by atoms with Gasteiger partial charge in [0.1, 0.15) is 5.82 Å². The summed E-state index contributed by atoms with van der Waals surface area (Å²) in [6.07, 6.45) is 2.34. The molecule has 1 saturated heterocycles. The van der Waals surface area contributed by atoms with Crippen LogP contribution in [-0.4, -0.2) is 49.0 Å². The Labute approximate surface area is 127 Å². The number of nitrogens with zero attached hydrogens (tertiary/aromatic N) is 2. The molecule has 2 heterocycles. The van der Waals surface area contributed by atoms with Crippen molar-refractivity contribution in [1.82, 2.24) is 15.2 Å². The average molecular weight is 290 g/mol. The molecule has 0 unspecified atom stereocenters. The van der Waals surface area contributed by atoms with Crippen LogP contribution in [0.25, 0.3) is 0 Å². The molecule has 5 heteroatoms. The number of hydrogen-bond acceptors (Lipinski definition) is 4. The molecule has 1 aromatic rings. The predicted octanol–water partition coefficient (Wildman–Crippen LogP) is 1.89. The summed E-state index contributed by atoms with van der Waals surface area (Å²) in [4.78, 5) is 19.0. The second kappa shape index (κ2) is 7.41. The molecule has 1 fully saturated rings. The molecular formula is C16H26N4O. The predicted molar refractivity (Wildman–Crippen MR) is 85.7 cm³/mol. The van der Waals surface area contributed by atoms with Crippen LogP contribution in [0.2, 0.25) is 0 Å². The number of carbonyl (C=O) groups excluding carboxylic acids is 1. The molecule has 0 atom stereocenters. The van der Waals surface area contributed by atoms with Crippen LogP contribution in [-0.2, 0) is 0 Å². The van der Waals surface area contributed by atoms with Crippen molar-refractivity contribution in [3.05, 3.63) is 23.4 Å². The van der Waals surface area contributed by atoms with Crippen LogP contribution in [0, 0.1) is 12.8 Å². The van der Waals surface area contributed by atoms with Gasteiger partial charge in [0.25, 0.3) is 5.91 Å². The van der Waals surface area contributed by atoms with Crippen molar-refractivity contribution in [2.75, 3.05) is 38.5 Å². The SMILES string of the molecule is CCN1CCC(CNC(=O)c2cc(C)nc(NC)c2)CC1. The van der Waals surface area contributed by atoms with Gasteiger partial charge in [0.15, 0.2) is 0 Å². The van der Waals surface area contributed by atoms with Crippen LogP contribution in [0.15, 0.2) is 12.1 Å². The van der Waals surface area contributed by atoms with Crippen LogP contribution in [0.5, 0.6) is 0 Å². The normalized spacial score (nSPS) is 16.7. The van der Waals surface area contributed by atoms with Gasteiger partial charge in [-0.05, 0) is 57.5 Å². The van der Waals surface area contributed by atoms with E-state index < -0.39 is 0 Å². The molecule has 0 saturated carbocycles. The van der Waals surface area contributed by atoms with Crippen LogP contribution in [0.3, 0.4) is 0 Å². The Morgan fingerprint density at radius 3 is 2.71 bits per heavy atom. The lowest BCUT2D eigenvalue weighted by molar-refractivity contribution is 0.0936. The van der Waals surface area contributed by atoms with Crippen LogP contribution < -0.4 is 10.6 Å². The van der Waals surface area contributed by atoms with Gasteiger partial charge in [-0.1, -0.05) is 6.92 Å². The van der Waals surface area contributed by atoms with Crippen molar-refractivity contribution in [1.29, 1.82) is 0 Å². The third-order valence-corrected chi connectivity index (χ3v) is 4.18. The Kier molecular flexibility index (Phi) is 5.56. The highest BCUT2D eigenvalue weighted by molar-refractivity contribution is 5.95. The number of nitrogens with one attached hydrogen (secondary N) is 2. The van der Waals surface area contributed by atoms with E-state index in [0.29, 0.717) is 11.5 Å². The van der Waals surface area contributed by atoms with Gasteiger partial charge in [-0.25, -0.2) is 4.98 Å². The quantitative estimate of drug-likeness (QED) is 0.869. The first-order valence-corrected chi connectivity index (χ1v) is 7.79. The number of carbonyl (C=O) groups is 1. The fourth-order valence-corrected chi connectivity index (χ4v) is 2.77. The number of aromatic nitrogens is 1. The van der Waals surface area contributed by atoms with E-state index in [2.05, 4.69) is 27.4 Å². The zero-order chi connectivity index (χ0) is 15.2. The molecule has 1 amide bonds. The molecule has 0 aromatic carbocycles. The molecular weight excluding hydrogens is 264 g/mol. The smallest absolute Gasteiger partial charge is 0.251 e. The fourth-order valence-electron chi connectivity index (χ4n) is 2.77. The number of pyridine rings is 1. The van der Waals surface area contributed by atoms with Crippen molar-refractivity contribution in [3.8, 4) is 0 Å². The second-order valence-electron chi connectivity index (χ2n) is 5.72. The lowest BCUT2D eigenvalue weighted by atomic mass is 9.97. The van der Waals surface area contributed by atoms with Crippen LogP contribution in [0.1, 0.15) is 35.8 Å². The Hall–Kier alpha value is -1.62. The summed E-state index contributed by atoms with van der Waals surface area (Å²) in [7, 11) is 1.81. The van der Waals surface area contributed by atoms with Gasteiger partial charge >= 0.3 is 0 Å². The molecule has 0 bridgehead atoms. The summed E-state index contributed by atoms with van der Waals surface area (Å²) in [5.74, 6) is 1.33. The highest BCUT2D eigenvalue weighted by Gasteiger charge is 2.19. The van der Waals surface area contributed by atoms with Gasteiger partial charge in [0, 0.05) is 24.8 Å². The van der Waals surface area contributed by atoms with Crippen LogP contribution >= 0.6 is 0 Å². The number of amides is 1. The maximum atomic E-state index is 12.3. The minimum Gasteiger partial charge on any atom is -0.373 e. The van der Waals surface area contributed by atoms with E-state index in [4.69, 9.17) is 0 Å². The first-order chi connectivity index (χ1) is 10.1. The third-order valence-electron chi connectivity index (χ3n) is 4.18. The largest absolute Gasteiger partial charge is 0.373 e. The molecule has 1 aliphatic rings. The third kappa shape index (κ3) is 4.43. The zero-order valence-electron chi connectivity index (χ0n) is 13.3. The first kappa shape index (κ1) is 15.8. The van der Waals surface area contributed by atoms with Gasteiger partial charge in [0.05, 0.1) is 0 Å². The van der Waals surface area contributed by atoms with E-state index in [0.717, 1.165) is 37.7 Å². The lowest BCUT2D eigenvalue weighted by Crippen LogP contribution is -2.38. The van der Waals surface area contributed by atoms with Crippen molar-refractivity contribution in [2.45, 2.75) is 26.7 Å². The second-order valence-corrected chi connectivity index (χ2v) is 5.72. The summed E-state index contributed by atoms with van der Waals surface area (Å²) < 4.78 is 0. The Morgan fingerprint density at radius 1 is 1.38 bits per heavy atom. The Balaban J connectivity index is 1.86. The topological polar surface area (TPSA) is 57.3 Å². The minimum absolute atomic E-state index is 0.00470. The summed E-state index contributed by atoms with van der Waals surface area (Å²) in [6, 6.07) is 3.62. The Morgan fingerprint density at radius 2 is 2.10 bits per heavy atom. The first-order valence-electron chi connectivity index (χ1n) is 7.79. The van der Waals surface area contributed by atoms with Gasteiger partial charge in [-0.3, -0.25) is 4.79 Å². The molecule has 5 nitrogen and oxygen atoms in total. The van der Waals surface area contributed by atoms with Crippen molar-refractivity contribution < 1.29 is 4.79 Å². The van der Waals surface area contributed by atoms with Gasteiger partial charge in [-0.2, -0.15) is 0 Å². The number of aryl methyl sites for hydroxylation is 1. The zero-order valence-corrected chi connectivity index (χ0v) is 13.3. The van der Waals surface area contributed by atoms with Gasteiger partial charge < -0.3 is 15.5 Å². The standard InChI is InChI=1S/C16H26N4O/c1-4-20-7-5-13(6-8-20)11-18-16(21)14-9-12(2)19-15(10-14)17-3/h9-10,13H,4-8,11H2,1-3H3,(H,17,19)(H,18,21). The lowest BCUT2D eigenvalue weighted by Gasteiger charge is -2.31. The van der Waals surface area contributed by atoms with E-state index in [1.165, 1.54) is 12.8 Å². The summed E-state index contributed by atoms with van der Waals surface area (Å²) in [6.45, 7) is 8.30. The molecule has 116 valence electrons. The molecule has 0 spiro atoms. The molecule has 0 radical (unpaired) electrons. The molecule has 0 aliphatic carbocycles. The molecule has 21 heavy (non-hydrogen) atoms. The fraction of sp³-hybridized carbons (Fsp3) is 0.625. The van der Waals surface area contributed by atoms with Gasteiger partial charge in [-0.15, -0.1) is 0 Å².